The second-order valence-electron chi connectivity index (χ2n) is 14.9. The predicted molar refractivity (Wildman–Crippen MR) is 229 cm³/mol. The van der Waals surface area contributed by atoms with Crippen LogP contribution in [0.4, 0.5) is 22.7 Å². The monoisotopic (exact) mass is 720 g/mol. The van der Waals surface area contributed by atoms with E-state index in [1.807, 2.05) is 6.20 Å². The summed E-state index contributed by atoms with van der Waals surface area (Å²) in [7, 11) is 0. The number of nitrogens with zero attached hydrogens (tertiary/aromatic N) is 4. The van der Waals surface area contributed by atoms with Crippen LogP contribution in [0.2, 0.25) is 0 Å². The van der Waals surface area contributed by atoms with Crippen LogP contribution in [0.3, 0.4) is 0 Å². The van der Waals surface area contributed by atoms with E-state index in [-0.39, 0.29) is 6.17 Å². The summed E-state index contributed by atoms with van der Waals surface area (Å²) in [6, 6.07) is 52.4. The minimum atomic E-state index is -0.122. The molecule has 3 aliphatic heterocycles. The second kappa shape index (κ2) is 11.0. The van der Waals surface area contributed by atoms with Gasteiger partial charge in [0.15, 0.2) is 11.5 Å². The van der Waals surface area contributed by atoms with Crippen molar-refractivity contribution in [2.24, 2.45) is 0 Å². The molecule has 0 saturated carbocycles. The van der Waals surface area contributed by atoms with Gasteiger partial charge in [-0.05, 0) is 66.7 Å². The number of fused-ring (bicyclic) bond motifs is 16. The molecular weight excluding hydrogens is 689 g/mol. The van der Waals surface area contributed by atoms with Crippen LogP contribution in [0.15, 0.2) is 162 Å². The van der Waals surface area contributed by atoms with E-state index < -0.39 is 0 Å². The fourth-order valence-corrected chi connectivity index (χ4v) is 9.53. The highest BCUT2D eigenvalue weighted by molar-refractivity contribution is 6.11. The summed E-state index contributed by atoms with van der Waals surface area (Å²) in [5, 5.41) is 12.3. The summed E-state index contributed by atoms with van der Waals surface area (Å²) in [4.78, 5) is 7.65. The number of furan rings is 1. The highest BCUT2D eigenvalue weighted by Crippen LogP contribution is 2.59. The highest BCUT2D eigenvalue weighted by Gasteiger charge is 2.43. The molecule has 6 aromatic carbocycles. The first-order valence-corrected chi connectivity index (χ1v) is 19.1. The van der Waals surface area contributed by atoms with Gasteiger partial charge in [-0.1, -0.05) is 91.0 Å². The van der Waals surface area contributed by atoms with Crippen LogP contribution < -0.4 is 15.5 Å². The third kappa shape index (κ3) is 3.98. The van der Waals surface area contributed by atoms with E-state index in [4.69, 9.17) is 9.40 Å². The van der Waals surface area contributed by atoms with E-state index in [1.165, 1.54) is 21.5 Å². The largest absolute Gasteiger partial charge is 0.452 e. The Balaban J connectivity index is 1.09. The zero-order valence-electron chi connectivity index (χ0n) is 30.1. The summed E-state index contributed by atoms with van der Waals surface area (Å²) >= 11 is 0. The Bertz CT molecular complexity index is 3090. The van der Waals surface area contributed by atoms with Crippen LogP contribution in [0.1, 0.15) is 17.5 Å². The maximum absolute atomic E-state index is 6.77. The molecule has 0 amide bonds. The molecule has 1 atom stereocenters. The highest BCUT2D eigenvalue weighted by atomic mass is 16.3. The molecule has 3 aliphatic rings. The molecule has 0 bridgehead atoms. The molecule has 56 heavy (non-hydrogen) atoms. The number of hydrogen-bond donors (Lipinski definition) is 2. The van der Waals surface area contributed by atoms with Gasteiger partial charge in [0.25, 0.3) is 0 Å². The lowest BCUT2D eigenvalue weighted by atomic mass is 9.95. The van der Waals surface area contributed by atoms with E-state index in [1.54, 1.807) is 0 Å². The molecule has 7 nitrogen and oxygen atoms in total. The molecule has 7 heteroatoms. The minimum absolute atomic E-state index is 0.122. The Labute approximate surface area is 321 Å². The molecule has 0 spiro atoms. The molecule has 7 heterocycles. The van der Waals surface area contributed by atoms with Crippen molar-refractivity contribution in [3.05, 3.63) is 169 Å². The lowest BCUT2D eigenvalue weighted by Gasteiger charge is -2.33. The van der Waals surface area contributed by atoms with Gasteiger partial charge in [0, 0.05) is 62.4 Å². The molecule has 264 valence electrons. The first kappa shape index (κ1) is 29.9. The zero-order chi connectivity index (χ0) is 36.5. The Kier molecular flexibility index (Phi) is 5.88. The fraction of sp³-hybridized carbons (Fsp3) is 0.0408. The fourth-order valence-electron chi connectivity index (χ4n) is 9.53. The zero-order valence-corrected chi connectivity index (χ0v) is 30.1. The van der Waals surface area contributed by atoms with Crippen molar-refractivity contribution in [2.45, 2.75) is 6.17 Å². The molecule has 4 aromatic heterocycles. The number of rotatable bonds is 3. The first-order chi connectivity index (χ1) is 27.8. The Hall–Kier alpha value is -7.51. The van der Waals surface area contributed by atoms with Gasteiger partial charge in [0.1, 0.15) is 17.5 Å². The van der Waals surface area contributed by atoms with Gasteiger partial charge in [0.2, 0.25) is 0 Å². The summed E-state index contributed by atoms with van der Waals surface area (Å²) < 4.78 is 11.6. The lowest BCUT2D eigenvalue weighted by Crippen LogP contribution is -2.28. The van der Waals surface area contributed by atoms with Gasteiger partial charge in [-0.15, -0.1) is 0 Å². The summed E-state index contributed by atoms with van der Waals surface area (Å²) in [6.07, 6.45) is 6.12. The second-order valence-corrected chi connectivity index (χ2v) is 14.9. The van der Waals surface area contributed by atoms with Gasteiger partial charge < -0.3 is 29.1 Å². The molecule has 2 N–H and O–H groups in total. The number of para-hydroxylation sites is 6. The van der Waals surface area contributed by atoms with Gasteiger partial charge in [-0.2, -0.15) is 0 Å². The average Bonchev–Trinajstić information content (AvgIpc) is 4.01. The van der Waals surface area contributed by atoms with Crippen molar-refractivity contribution >= 4 is 72.4 Å². The predicted octanol–water partition coefficient (Wildman–Crippen LogP) is 12.2. The van der Waals surface area contributed by atoms with Crippen molar-refractivity contribution in [3.8, 4) is 34.0 Å². The van der Waals surface area contributed by atoms with E-state index in [0.29, 0.717) is 0 Å². The van der Waals surface area contributed by atoms with Crippen molar-refractivity contribution in [1.29, 1.82) is 0 Å². The van der Waals surface area contributed by atoms with Crippen LogP contribution in [0.5, 0.6) is 0 Å². The quantitative estimate of drug-likeness (QED) is 0.190. The molecule has 0 aliphatic carbocycles. The average molecular weight is 721 g/mol. The molecular formula is C49H32N6O. The van der Waals surface area contributed by atoms with Crippen LogP contribution in [-0.2, 0) is 0 Å². The molecule has 0 saturated heterocycles. The number of hydrogen-bond acceptors (Lipinski definition) is 5. The Morgan fingerprint density at radius 2 is 1.20 bits per heavy atom. The van der Waals surface area contributed by atoms with E-state index in [9.17, 15) is 0 Å². The standard InChI is InChI=1S/C49H32N6O/c1-6-17-40-32(12-1)33-13-2-7-18-41(33)53(40)30-24-29(25-31(26-30)54-42-19-8-3-14-34(42)35-15-4-9-20-43(35)54)39-27-36-37(28-51-39)49-52-38-16-5-10-21-44(38)55(49)47-46-45(56-48(36)47)22-11-23-50-46/h1-22,24-28,49-50,52H,23H2. The first-order valence-electron chi connectivity index (χ1n) is 19.1. The SMILES string of the molecule is C1=Cc2oc3c(c2NC1)N1c2ccccc2NC1c1cnc(-c2cc(-n4c5ccccc5c5ccccc54)cc(-n4c5ccccc5c5ccccc54)c2)cc1-3. The number of pyridine rings is 1. The maximum atomic E-state index is 6.77. The smallest absolute Gasteiger partial charge is 0.161 e. The number of benzene rings is 6. The van der Waals surface area contributed by atoms with Crippen LogP contribution in [-0.4, -0.2) is 20.7 Å². The maximum Gasteiger partial charge on any atom is 0.161 e. The summed E-state index contributed by atoms with van der Waals surface area (Å²) in [5.41, 5.74) is 15.1. The lowest BCUT2D eigenvalue weighted by molar-refractivity contribution is 0.566. The van der Waals surface area contributed by atoms with Crippen LogP contribution >= 0.6 is 0 Å². The molecule has 1 unspecified atom stereocenters. The third-order valence-electron chi connectivity index (χ3n) is 11.9. The summed E-state index contributed by atoms with van der Waals surface area (Å²) in [5.74, 6) is 1.70. The van der Waals surface area contributed by atoms with Gasteiger partial charge in [-0.25, -0.2) is 0 Å². The Morgan fingerprint density at radius 1 is 0.625 bits per heavy atom. The topological polar surface area (TPSA) is 63.2 Å². The van der Waals surface area contributed by atoms with Crippen molar-refractivity contribution < 1.29 is 4.42 Å². The number of nitrogens with one attached hydrogen (secondary N) is 2. The number of anilines is 4. The normalized spacial score (nSPS) is 15.1. The third-order valence-corrected chi connectivity index (χ3v) is 11.9. The molecule has 0 fully saturated rings. The van der Waals surface area contributed by atoms with Crippen LogP contribution in [0, 0.1) is 0 Å². The van der Waals surface area contributed by atoms with Crippen molar-refractivity contribution in [2.75, 3.05) is 22.1 Å². The van der Waals surface area contributed by atoms with Gasteiger partial charge in [0.05, 0.1) is 39.1 Å². The minimum Gasteiger partial charge on any atom is -0.452 e. The Morgan fingerprint density at radius 3 is 1.82 bits per heavy atom. The molecule has 13 rings (SSSR count). The van der Waals surface area contributed by atoms with Gasteiger partial charge >= 0.3 is 0 Å². The molecule has 10 aromatic rings. The van der Waals surface area contributed by atoms with E-state index in [0.717, 1.165) is 96.6 Å². The van der Waals surface area contributed by atoms with E-state index in [2.05, 4.69) is 182 Å². The molecule has 0 radical (unpaired) electrons. The van der Waals surface area contributed by atoms with Crippen LogP contribution in [0.25, 0.3) is 83.6 Å². The van der Waals surface area contributed by atoms with E-state index >= 15 is 0 Å². The number of aromatic nitrogens is 3. The van der Waals surface area contributed by atoms with Crippen molar-refractivity contribution in [3.63, 3.8) is 0 Å². The van der Waals surface area contributed by atoms with Gasteiger partial charge in [-0.3, -0.25) is 4.98 Å². The summed E-state index contributed by atoms with van der Waals surface area (Å²) in [6.45, 7) is 0.752. The van der Waals surface area contributed by atoms with Crippen molar-refractivity contribution in [1.82, 2.24) is 14.1 Å².